The summed E-state index contributed by atoms with van der Waals surface area (Å²) >= 11 is 0. The summed E-state index contributed by atoms with van der Waals surface area (Å²) in [5, 5.41) is 0. The predicted molar refractivity (Wildman–Crippen MR) is 76.6 cm³/mol. The van der Waals surface area contributed by atoms with Gasteiger partial charge >= 0.3 is 12.1 Å². The van der Waals surface area contributed by atoms with Gasteiger partial charge in [-0.3, -0.25) is 4.79 Å². The average molecular weight is 351 g/mol. The quantitative estimate of drug-likeness (QED) is 0.600. The lowest BCUT2D eigenvalue weighted by molar-refractivity contribution is -0.296. The van der Waals surface area contributed by atoms with E-state index in [1.807, 2.05) is 24.3 Å². The fourth-order valence-electron chi connectivity index (χ4n) is 2.51. The van der Waals surface area contributed by atoms with E-state index in [9.17, 15) is 26.7 Å². The summed E-state index contributed by atoms with van der Waals surface area (Å²) < 4.78 is 65.7. The van der Waals surface area contributed by atoms with Crippen LogP contribution in [0.3, 0.4) is 0 Å². The standard InChI is InChI=1S/C16H18F5NO2/c17-15(18,16(19,20)21)11-24-9-7-14(23)22-8-3-6-12-4-1-2-5-13(12)10-22/h1-2,4-5H,3,6-11H2. The summed E-state index contributed by atoms with van der Waals surface area (Å²) in [5.74, 6) is -5.22. The zero-order valence-corrected chi connectivity index (χ0v) is 12.9. The Kier molecular flexibility index (Phi) is 5.79. The second-order valence-corrected chi connectivity index (χ2v) is 5.69. The van der Waals surface area contributed by atoms with Crippen molar-refractivity contribution in [2.75, 3.05) is 19.8 Å². The van der Waals surface area contributed by atoms with Crippen molar-refractivity contribution in [3.8, 4) is 0 Å². The molecule has 1 aromatic rings. The Morgan fingerprint density at radius 2 is 1.79 bits per heavy atom. The third-order valence-corrected chi connectivity index (χ3v) is 3.86. The van der Waals surface area contributed by atoms with Crippen molar-refractivity contribution in [3.63, 3.8) is 0 Å². The Balaban J connectivity index is 1.81. The van der Waals surface area contributed by atoms with Crippen LogP contribution in [0.5, 0.6) is 0 Å². The van der Waals surface area contributed by atoms with E-state index in [1.165, 1.54) is 0 Å². The molecule has 134 valence electrons. The fourth-order valence-corrected chi connectivity index (χ4v) is 2.51. The molecule has 0 saturated heterocycles. The number of carbonyl (C=O) groups is 1. The normalized spacial score (nSPS) is 15.8. The number of aryl methyl sites for hydroxylation is 1. The largest absolute Gasteiger partial charge is 0.455 e. The van der Waals surface area contributed by atoms with Gasteiger partial charge in [0.2, 0.25) is 5.91 Å². The minimum Gasteiger partial charge on any atom is -0.374 e. The maximum atomic E-state index is 12.7. The number of alkyl halides is 5. The summed E-state index contributed by atoms with van der Waals surface area (Å²) in [4.78, 5) is 13.7. The molecule has 0 fully saturated rings. The van der Waals surface area contributed by atoms with Gasteiger partial charge in [-0.25, -0.2) is 0 Å². The molecule has 0 spiro atoms. The molecular weight excluding hydrogens is 333 g/mol. The van der Waals surface area contributed by atoms with Crippen LogP contribution in [0.1, 0.15) is 24.0 Å². The zero-order chi connectivity index (χ0) is 17.8. The van der Waals surface area contributed by atoms with Crippen molar-refractivity contribution >= 4 is 5.91 Å². The van der Waals surface area contributed by atoms with Crippen LogP contribution in [0.15, 0.2) is 24.3 Å². The van der Waals surface area contributed by atoms with Crippen LogP contribution >= 0.6 is 0 Å². The fraction of sp³-hybridized carbons (Fsp3) is 0.562. The zero-order valence-electron chi connectivity index (χ0n) is 12.9. The second kappa shape index (κ2) is 7.46. The lowest BCUT2D eigenvalue weighted by Gasteiger charge is -2.22. The number of halogens is 5. The first kappa shape index (κ1) is 18.6. The molecule has 8 heteroatoms. The van der Waals surface area contributed by atoms with Gasteiger partial charge in [-0.15, -0.1) is 0 Å². The molecule has 0 aliphatic carbocycles. The van der Waals surface area contributed by atoms with Crippen molar-refractivity contribution in [1.82, 2.24) is 4.90 Å². The maximum absolute atomic E-state index is 12.7. The van der Waals surface area contributed by atoms with E-state index in [0.29, 0.717) is 13.1 Å². The Morgan fingerprint density at radius 3 is 2.46 bits per heavy atom. The van der Waals surface area contributed by atoms with E-state index >= 15 is 0 Å². The summed E-state index contributed by atoms with van der Waals surface area (Å²) in [6, 6.07) is 7.70. The topological polar surface area (TPSA) is 29.5 Å². The Morgan fingerprint density at radius 1 is 1.12 bits per heavy atom. The molecule has 0 unspecified atom stereocenters. The number of rotatable bonds is 5. The van der Waals surface area contributed by atoms with E-state index in [1.54, 1.807) is 4.90 Å². The Labute approximate surface area is 136 Å². The molecular formula is C16H18F5NO2. The lowest BCUT2D eigenvalue weighted by atomic mass is 10.0. The molecule has 0 saturated carbocycles. The number of hydrogen-bond donors (Lipinski definition) is 0. The van der Waals surface area contributed by atoms with Gasteiger partial charge in [-0.2, -0.15) is 22.0 Å². The number of fused-ring (bicyclic) bond motifs is 1. The van der Waals surface area contributed by atoms with Crippen LogP contribution in [0.4, 0.5) is 22.0 Å². The number of amides is 1. The van der Waals surface area contributed by atoms with Crippen LogP contribution in [-0.4, -0.2) is 42.7 Å². The number of nitrogens with zero attached hydrogens (tertiary/aromatic N) is 1. The number of hydrogen-bond acceptors (Lipinski definition) is 2. The molecule has 2 rings (SSSR count). The van der Waals surface area contributed by atoms with E-state index < -0.39 is 25.3 Å². The predicted octanol–water partition coefficient (Wildman–Crippen LogP) is 3.57. The maximum Gasteiger partial charge on any atom is 0.455 e. The van der Waals surface area contributed by atoms with Gasteiger partial charge in [0.1, 0.15) is 6.61 Å². The lowest BCUT2D eigenvalue weighted by Crippen LogP contribution is -2.41. The van der Waals surface area contributed by atoms with Crippen molar-refractivity contribution in [1.29, 1.82) is 0 Å². The third kappa shape index (κ3) is 4.66. The average Bonchev–Trinajstić information content (AvgIpc) is 2.72. The molecule has 1 aromatic carbocycles. The highest BCUT2D eigenvalue weighted by Crippen LogP contribution is 2.35. The van der Waals surface area contributed by atoms with Gasteiger partial charge in [0.05, 0.1) is 13.0 Å². The number of benzene rings is 1. The Hall–Kier alpha value is -1.70. The van der Waals surface area contributed by atoms with E-state index in [2.05, 4.69) is 4.74 Å². The molecule has 0 N–H and O–H groups in total. The molecule has 3 nitrogen and oxygen atoms in total. The van der Waals surface area contributed by atoms with Gasteiger partial charge in [0, 0.05) is 13.1 Å². The van der Waals surface area contributed by atoms with Crippen LogP contribution in [0.25, 0.3) is 0 Å². The SMILES string of the molecule is O=C(CCOCC(F)(F)C(F)(F)F)N1CCCc2ccccc2C1. The number of carbonyl (C=O) groups excluding carboxylic acids is 1. The van der Waals surface area contributed by atoms with Crippen molar-refractivity contribution in [2.24, 2.45) is 0 Å². The molecule has 1 aliphatic rings. The molecule has 1 aliphatic heterocycles. The van der Waals surface area contributed by atoms with Gasteiger partial charge in [0.25, 0.3) is 0 Å². The van der Waals surface area contributed by atoms with E-state index in [4.69, 9.17) is 0 Å². The highest BCUT2D eigenvalue weighted by atomic mass is 19.4. The van der Waals surface area contributed by atoms with Crippen molar-refractivity contribution in [2.45, 2.75) is 37.9 Å². The molecule has 0 radical (unpaired) electrons. The molecule has 0 atom stereocenters. The second-order valence-electron chi connectivity index (χ2n) is 5.69. The first-order valence-electron chi connectivity index (χ1n) is 7.57. The van der Waals surface area contributed by atoms with Gasteiger partial charge in [-0.05, 0) is 24.0 Å². The highest BCUT2D eigenvalue weighted by molar-refractivity contribution is 5.76. The van der Waals surface area contributed by atoms with Gasteiger partial charge in [0.15, 0.2) is 0 Å². The summed E-state index contributed by atoms with van der Waals surface area (Å²) in [5.41, 5.74) is 2.18. The molecule has 1 amide bonds. The molecule has 0 bridgehead atoms. The molecule has 0 aromatic heterocycles. The summed E-state index contributed by atoms with van der Waals surface area (Å²) in [7, 11) is 0. The first-order valence-corrected chi connectivity index (χ1v) is 7.57. The first-order chi connectivity index (χ1) is 11.2. The monoisotopic (exact) mass is 351 g/mol. The number of ether oxygens (including phenoxy) is 1. The summed E-state index contributed by atoms with van der Waals surface area (Å²) in [6.45, 7) is -1.31. The Bertz CT molecular complexity index is 574. The summed E-state index contributed by atoms with van der Waals surface area (Å²) in [6.07, 6.45) is -4.26. The van der Waals surface area contributed by atoms with E-state index in [-0.39, 0.29) is 12.3 Å². The van der Waals surface area contributed by atoms with E-state index in [0.717, 1.165) is 24.0 Å². The highest BCUT2D eigenvalue weighted by Gasteiger charge is 2.57. The van der Waals surface area contributed by atoms with Crippen molar-refractivity contribution < 1.29 is 31.5 Å². The van der Waals surface area contributed by atoms with Crippen LogP contribution < -0.4 is 0 Å². The minimum atomic E-state index is -5.65. The van der Waals surface area contributed by atoms with Crippen molar-refractivity contribution in [3.05, 3.63) is 35.4 Å². The minimum absolute atomic E-state index is 0.226. The molecule has 1 heterocycles. The third-order valence-electron chi connectivity index (χ3n) is 3.86. The van der Waals surface area contributed by atoms with Gasteiger partial charge < -0.3 is 9.64 Å². The van der Waals surface area contributed by atoms with Crippen LogP contribution in [0, 0.1) is 0 Å². The van der Waals surface area contributed by atoms with Crippen LogP contribution in [-0.2, 0) is 22.5 Å². The smallest absolute Gasteiger partial charge is 0.374 e. The van der Waals surface area contributed by atoms with Gasteiger partial charge in [-0.1, -0.05) is 24.3 Å². The van der Waals surface area contributed by atoms with Crippen LogP contribution in [0.2, 0.25) is 0 Å². The molecule has 24 heavy (non-hydrogen) atoms.